The van der Waals surface area contributed by atoms with E-state index in [1.54, 1.807) is 18.3 Å². The van der Waals surface area contributed by atoms with Crippen LogP contribution >= 0.6 is 0 Å². The third-order valence-electron chi connectivity index (χ3n) is 6.26. The summed E-state index contributed by atoms with van der Waals surface area (Å²) in [4.78, 5) is 34.2. The first-order chi connectivity index (χ1) is 14.5. The number of anilines is 1. The Morgan fingerprint density at radius 1 is 1.13 bits per heavy atom. The molecule has 4 heterocycles. The van der Waals surface area contributed by atoms with Gasteiger partial charge in [-0.15, -0.1) is 0 Å². The minimum Gasteiger partial charge on any atom is -0.381 e. The normalized spacial score (nSPS) is 23.0. The second-order valence-electron chi connectivity index (χ2n) is 8.07. The van der Waals surface area contributed by atoms with Crippen molar-refractivity contribution in [1.29, 1.82) is 0 Å². The van der Waals surface area contributed by atoms with Gasteiger partial charge < -0.3 is 20.9 Å². The summed E-state index contributed by atoms with van der Waals surface area (Å²) in [6, 6.07) is 7.93. The van der Waals surface area contributed by atoms with Crippen LogP contribution in [-0.4, -0.2) is 44.8 Å². The van der Waals surface area contributed by atoms with Crippen molar-refractivity contribution in [3.63, 3.8) is 0 Å². The van der Waals surface area contributed by atoms with Gasteiger partial charge in [-0.05, 0) is 56.0 Å². The molecule has 1 aromatic carbocycles. The van der Waals surface area contributed by atoms with Crippen LogP contribution in [0.2, 0.25) is 0 Å². The van der Waals surface area contributed by atoms with Crippen LogP contribution in [0.3, 0.4) is 0 Å². The first kappa shape index (κ1) is 18.6. The Labute approximate surface area is 172 Å². The van der Waals surface area contributed by atoms with E-state index in [4.69, 9.17) is 5.73 Å². The maximum atomic E-state index is 13.2. The molecular weight excluding hydrogens is 385 g/mol. The zero-order valence-corrected chi connectivity index (χ0v) is 16.3. The fourth-order valence-corrected chi connectivity index (χ4v) is 4.92. The highest BCUT2D eigenvalue weighted by molar-refractivity contribution is 6.06. The molecule has 0 spiro atoms. The molecule has 2 aliphatic heterocycles. The topological polar surface area (TPSA) is 104 Å². The van der Waals surface area contributed by atoms with E-state index in [0.717, 1.165) is 31.1 Å². The van der Waals surface area contributed by atoms with Gasteiger partial charge in [0.25, 0.3) is 11.8 Å². The van der Waals surface area contributed by atoms with Gasteiger partial charge in [0.2, 0.25) is 0 Å². The predicted molar refractivity (Wildman–Crippen MR) is 111 cm³/mol. The van der Waals surface area contributed by atoms with Crippen LogP contribution in [-0.2, 0) is 0 Å². The summed E-state index contributed by atoms with van der Waals surface area (Å²) in [7, 11) is 0. The minimum absolute atomic E-state index is 0.0456. The lowest BCUT2D eigenvalue weighted by Gasteiger charge is -2.39. The largest absolute Gasteiger partial charge is 0.381 e. The van der Waals surface area contributed by atoms with Crippen LogP contribution in [0.15, 0.2) is 42.7 Å². The van der Waals surface area contributed by atoms with Crippen molar-refractivity contribution in [2.24, 2.45) is 5.73 Å². The second kappa shape index (κ2) is 7.12. The van der Waals surface area contributed by atoms with Gasteiger partial charge in [-0.2, -0.15) is 0 Å². The van der Waals surface area contributed by atoms with Gasteiger partial charge in [-0.3, -0.25) is 9.59 Å². The fraction of sp³-hybridized carbons (Fsp3) is 0.318. The minimum atomic E-state index is -0.528. The molecule has 0 radical (unpaired) electrons. The molecule has 2 saturated heterocycles. The molecule has 0 saturated carbocycles. The van der Waals surface area contributed by atoms with Crippen LogP contribution in [0.5, 0.6) is 0 Å². The van der Waals surface area contributed by atoms with Crippen molar-refractivity contribution in [1.82, 2.24) is 14.9 Å². The van der Waals surface area contributed by atoms with Gasteiger partial charge >= 0.3 is 0 Å². The monoisotopic (exact) mass is 407 g/mol. The van der Waals surface area contributed by atoms with Crippen molar-refractivity contribution >= 4 is 28.5 Å². The Bertz CT molecular complexity index is 1110. The number of primary amides is 1. The van der Waals surface area contributed by atoms with Gasteiger partial charge in [-0.25, -0.2) is 9.37 Å². The number of nitrogens with zero attached hydrogens (tertiary/aromatic N) is 2. The van der Waals surface area contributed by atoms with E-state index in [2.05, 4.69) is 15.3 Å². The van der Waals surface area contributed by atoms with Crippen LogP contribution in [0.25, 0.3) is 11.0 Å². The molecule has 30 heavy (non-hydrogen) atoms. The summed E-state index contributed by atoms with van der Waals surface area (Å²) in [5.41, 5.74) is 7.83. The third kappa shape index (κ3) is 3.08. The van der Waals surface area contributed by atoms with Gasteiger partial charge in [0.05, 0.1) is 11.3 Å². The number of aromatic nitrogens is 2. The number of fused-ring (bicyclic) bond motifs is 3. The number of rotatable bonds is 4. The quantitative estimate of drug-likeness (QED) is 0.618. The number of nitrogens with two attached hydrogens (primary N) is 1. The number of halogens is 1. The van der Waals surface area contributed by atoms with Crippen molar-refractivity contribution in [3.8, 4) is 0 Å². The second-order valence-corrected chi connectivity index (χ2v) is 8.07. The molecule has 4 N–H and O–H groups in total. The zero-order valence-electron chi connectivity index (χ0n) is 16.3. The Morgan fingerprint density at radius 3 is 2.50 bits per heavy atom. The Kier molecular flexibility index (Phi) is 4.42. The number of hydrogen-bond acceptors (Lipinski definition) is 4. The molecule has 0 unspecified atom stereocenters. The molecule has 2 bridgehead atoms. The van der Waals surface area contributed by atoms with Crippen LogP contribution < -0.4 is 11.1 Å². The number of piperidine rings is 1. The summed E-state index contributed by atoms with van der Waals surface area (Å²) in [5.74, 6) is -0.924. The molecular formula is C22H22FN5O2. The van der Waals surface area contributed by atoms with E-state index in [9.17, 15) is 14.0 Å². The number of carbonyl (C=O) groups is 2. The van der Waals surface area contributed by atoms with E-state index in [1.165, 1.54) is 18.3 Å². The average molecular weight is 407 g/mol. The number of benzene rings is 1. The smallest absolute Gasteiger partial charge is 0.254 e. The Morgan fingerprint density at radius 2 is 1.83 bits per heavy atom. The molecule has 8 heteroatoms. The molecule has 2 fully saturated rings. The lowest BCUT2D eigenvalue weighted by molar-refractivity contribution is 0.0583. The van der Waals surface area contributed by atoms with Crippen molar-refractivity contribution in [3.05, 3.63) is 59.7 Å². The highest BCUT2D eigenvalue weighted by atomic mass is 19.1. The van der Waals surface area contributed by atoms with Crippen molar-refractivity contribution in [2.75, 3.05) is 5.32 Å². The van der Waals surface area contributed by atoms with Gasteiger partial charge in [-0.1, -0.05) is 0 Å². The number of aromatic amines is 1. The molecule has 5 rings (SSSR count). The van der Waals surface area contributed by atoms with E-state index >= 15 is 0 Å². The lowest BCUT2D eigenvalue weighted by atomic mass is 9.95. The van der Waals surface area contributed by atoms with E-state index in [-0.39, 0.29) is 29.8 Å². The zero-order chi connectivity index (χ0) is 20.8. The molecule has 154 valence electrons. The molecule has 2 amide bonds. The van der Waals surface area contributed by atoms with E-state index in [1.807, 2.05) is 11.0 Å². The number of pyridine rings is 1. The summed E-state index contributed by atoms with van der Waals surface area (Å²) < 4.78 is 13.2. The summed E-state index contributed by atoms with van der Waals surface area (Å²) >= 11 is 0. The van der Waals surface area contributed by atoms with Crippen LogP contribution in [0.1, 0.15) is 46.4 Å². The van der Waals surface area contributed by atoms with Crippen molar-refractivity contribution in [2.45, 2.75) is 43.8 Å². The maximum Gasteiger partial charge on any atom is 0.254 e. The SMILES string of the molecule is NC(=O)c1cnc2[nH]ccc2c1N[C@@H]1C[C@H]2CC[C@@H](C1)N2C(=O)c1ccc(F)cc1. The summed E-state index contributed by atoms with van der Waals surface area (Å²) in [5, 5.41) is 4.34. The lowest BCUT2D eigenvalue weighted by Crippen LogP contribution is -2.49. The Balaban J connectivity index is 1.38. The number of carbonyl (C=O) groups excluding carboxylic acids is 2. The van der Waals surface area contributed by atoms with Crippen molar-refractivity contribution < 1.29 is 14.0 Å². The van der Waals surface area contributed by atoms with E-state index < -0.39 is 5.91 Å². The highest BCUT2D eigenvalue weighted by Crippen LogP contribution is 2.39. The molecule has 2 aliphatic rings. The van der Waals surface area contributed by atoms with Crippen LogP contribution in [0.4, 0.5) is 10.1 Å². The molecule has 3 aromatic rings. The molecule has 2 aromatic heterocycles. The first-order valence-electron chi connectivity index (χ1n) is 10.1. The number of nitrogens with one attached hydrogen (secondary N) is 2. The number of amides is 2. The Hall–Kier alpha value is -3.42. The molecule has 7 nitrogen and oxygen atoms in total. The standard InChI is InChI=1S/C22H22FN5O2/c23-13-3-1-12(2-4-13)22(30)28-15-5-6-16(28)10-14(9-15)27-19-17-7-8-25-21(17)26-11-18(19)20(24)29/h1-4,7-8,11,14-16H,5-6,9-10H2,(H2,24,29)(H2,25,26,27)/t14-,15-,16+. The highest BCUT2D eigenvalue weighted by Gasteiger charge is 2.43. The van der Waals surface area contributed by atoms with Gasteiger partial charge in [0, 0.05) is 41.5 Å². The molecule has 0 aliphatic carbocycles. The number of H-pyrrole nitrogens is 1. The summed E-state index contributed by atoms with van der Waals surface area (Å²) in [6.45, 7) is 0. The fourth-order valence-electron chi connectivity index (χ4n) is 4.92. The number of hydrogen-bond donors (Lipinski definition) is 3. The predicted octanol–water partition coefficient (Wildman–Crippen LogP) is 3.05. The van der Waals surface area contributed by atoms with Gasteiger partial charge in [0.1, 0.15) is 11.5 Å². The maximum absolute atomic E-state index is 13.2. The molecule has 3 atom stereocenters. The summed E-state index contributed by atoms with van der Waals surface area (Å²) in [6.07, 6.45) is 6.70. The van der Waals surface area contributed by atoms with Crippen LogP contribution in [0, 0.1) is 5.82 Å². The average Bonchev–Trinajstić information content (AvgIpc) is 3.31. The van der Waals surface area contributed by atoms with E-state index in [0.29, 0.717) is 22.5 Å². The first-order valence-corrected chi connectivity index (χ1v) is 10.1. The third-order valence-corrected chi connectivity index (χ3v) is 6.26. The van der Waals surface area contributed by atoms with Gasteiger partial charge in [0.15, 0.2) is 0 Å².